The Labute approximate surface area is 101 Å². The normalized spacial score (nSPS) is 10.9. The quantitative estimate of drug-likeness (QED) is 0.444. The lowest BCUT2D eigenvalue weighted by molar-refractivity contribution is -0.164. The van der Waals surface area contributed by atoms with Gasteiger partial charge in [0.25, 0.3) is 5.78 Å². The van der Waals surface area contributed by atoms with E-state index in [-0.39, 0.29) is 12.5 Å². The molecule has 8 heteroatoms. The van der Waals surface area contributed by atoms with Gasteiger partial charge >= 0.3 is 11.9 Å². The number of aromatic nitrogens is 2. The molecule has 1 aromatic heterocycles. The second-order valence-corrected chi connectivity index (χ2v) is 3.07. The Balaban J connectivity index is 3.01. The van der Waals surface area contributed by atoms with Gasteiger partial charge < -0.3 is 9.47 Å². The minimum atomic E-state index is -4.28. The summed E-state index contributed by atoms with van der Waals surface area (Å²) in [6.45, 7) is 1.10. The zero-order valence-electron chi connectivity index (χ0n) is 9.65. The molecule has 0 bridgehead atoms. The van der Waals surface area contributed by atoms with E-state index in [0.717, 1.165) is 12.4 Å². The minimum absolute atomic E-state index is 0.0620. The molecule has 1 rings (SSSR count). The van der Waals surface area contributed by atoms with E-state index >= 15 is 0 Å². The summed E-state index contributed by atoms with van der Waals surface area (Å²) in [5.41, 5.74) is -0.625. The number of rotatable bonds is 5. The first-order valence-corrected chi connectivity index (χ1v) is 4.89. The number of carbonyl (C=O) groups is 2. The predicted octanol–water partition coefficient (Wildman–Crippen LogP) is 0.866. The van der Waals surface area contributed by atoms with Gasteiger partial charge in [-0.1, -0.05) is 0 Å². The summed E-state index contributed by atoms with van der Waals surface area (Å²) >= 11 is 0. The summed E-state index contributed by atoms with van der Waals surface area (Å²) in [6, 6.07) is 0.912. The number of esters is 1. The van der Waals surface area contributed by atoms with Crippen LogP contribution in [0.4, 0.5) is 8.78 Å². The molecule has 0 amide bonds. The molecule has 6 nitrogen and oxygen atoms in total. The highest BCUT2D eigenvalue weighted by atomic mass is 19.3. The van der Waals surface area contributed by atoms with Crippen LogP contribution in [-0.2, 0) is 9.53 Å². The molecule has 0 radical (unpaired) electrons. The van der Waals surface area contributed by atoms with Crippen LogP contribution in [0.1, 0.15) is 17.4 Å². The van der Waals surface area contributed by atoms with Gasteiger partial charge in [0, 0.05) is 6.07 Å². The number of nitrogens with zero attached hydrogens (tertiary/aromatic N) is 2. The third-order valence-corrected chi connectivity index (χ3v) is 1.90. The van der Waals surface area contributed by atoms with Crippen LogP contribution in [0, 0.1) is 0 Å². The smallest absolute Gasteiger partial charge is 0.405 e. The highest BCUT2D eigenvalue weighted by Crippen LogP contribution is 2.22. The molecule has 0 fully saturated rings. The molecule has 0 aromatic carbocycles. The average Bonchev–Trinajstić information content (AvgIpc) is 2.38. The molecule has 0 atom stereocenters. The zero-order valence-corrected chi connectivity index (χ0v) is 9.65. The van der Waals surface area contributed by atoms with Crippen LogP contribution < -0.4 is 4.74 Å². The first-order valence-electron chi connectivity index (χ1n) is 4.89. The van der Waals surface area contributed by atoms with Gasteiger partial charge in [-0.25, -0.2) is 14.8 Å². The maximum Gasteiger partial charge on any atom is 0.405 e. The molecule has 0 aliphatic heterocycles. The summed E-state index contributed by atoms with van der Waals surface area (Å²) in [4.78, 5) is 29.3. The fourth-order valence-corrected chi connectivity index (χ4v) is 1.05. The number of Topliss-reactive ketones (excluding diaryl/α,β-unsaturated/α-hetero) is 1. The Hall–Kier alpha value is -2.12. The van der Waals surface area contributed by atoms with E-state index in [1.165, 1.54) is 14.0 Å². The number of methoxy groups -OCH3 is 1. The van der Waals surface area contributed by atoms with Gasteiger partial charge in [0.05, 0.1) is 13.7 Å². The van der Waals surface area contributed by atoms with Gasteiger partial charge in [0.15, 0.2) is 0 Å². The van der Waals surface area contributed by atoms with Crippen LogP contribution in [0.15, 0.2) is 12.4 Å². The van der Waals surface area contributed by atoms with Crippen molar-refractivity contribution in [2.24, 2.45) is 0 Å². The molecule has 0 aliphatic rings. The number of ether oxygens (including phenoxy) is 2. The fraction of sp³-hybridized carbons (Fsp3) is 0.400. The largest absolute Gasteiger partial charge is 0.481 e. The Kier molecular flexibility index (Phi) is 4.24. The molecular formula is C10H10F2N2O4. The van der Waals surface area contributed by atoms with Crippen LogP contribution in [-0.4, -0.2) is 41.4 Å². The number of hydrogen-bond acceptors (Lipinski definition) is 6. The van der Waals surface area contributed by atoms with E-state index < -0.39 is 23.4 Å². The van der Waals surface area contributed by atoms with Crippen molar-refractivity contribution in [1.29, 1.82) is 0 Å². The third kappa shape index (κ3) is 2.76. The Morgan fingerprint density at radius 2 is 2.06 bits per heavy atom. The standard InChI is InChI=1S/C10H10F2N2O4/c1-3-18-9(16)10(11,12)8(15)6-4-7(17-2)14-5-13-6/h4-5H,3H2,1-2H3. The lowest BCUT2D eigenvalue weighted by atomic mass is 10.1. The topological polar surface area (TPSA) is 78.4 Å². The first-order chi connectivity index (χ1) is 8.43. The van der Waals surface area contributed by atoms with Crippen molar-refractivity contribution in [3.63, 3.8) is 0 Å². The van der Waals surface area contributed by atoms with Gasteiger partial charge in [-0.05, 0) is 6.92 Å². The molecular weight excluding hydrogens is 250 g/mol. The minimum Gasteiger partial charge on any atom is -0.481 e. The fourth-order valence-electron chi connectivity index (χ4n) is 1.05. The first kappa shape index (κ1) is 13.9. The average molecular weight is 260 g/mol. The molecule has 0 saturated heterocycles. The number of hydrogen-bond donors (Lipinski definition) is 0. The van der Waals surface area contributed by atoms with Crippen LogP contribution >= 0.6 is 0 Å². The summed E-state index contributed by atoms with van der Waals surface area (Å²) in [7, 11) is 1.25. The van der Waals surface area contributed by atoms with E-state index in [4.69, 9.17) is 0 Å². The van der Waals surface area contributed by atoms with Crippen LogP contribution in [0.5, 0.6) is 5.88 Å². The maximum atomic E-state index is 13.4. The number of alkyl halides is 2. The molecule has 0 N–H and O–H groups in total. The van der Waals surface area contributed by atoms with Gasteiger partial charge in [-0.2, -0.15) is 8.78 Å². The van der Waals surface area contributed by atoms with Crippen LogP contribution in [0.3, 0.4) is 0 Å². The maximum absolute atomic E-state index is 13.4. The second kappa shape index (κ2) is 5.48. The van der Waals surface area contributed by atoms with E-state index in [1.54, 1.807) is 0 Å². The van der Waals surface area contributed by atoms with Gasteiger partial charge in [-0.15, -0.1) is 0 Å². The highest BCUT2D eigenvalue weighted by Gasteiger charge is 2.50. The molecule has 98 valence electrons. The molecule has 1 heterocycles. The Morgan fingerprint density at radius 1 is 1.39 bits per heavy atom. The molecule has 0 saturated carbocycles. The van der Waals surface area contributed by atoms with E-state index in [9.17, 15) is 18.4 Å². The summed E-state index contributed by atoms with van der Waals surface area (Å²) < 4.78 is 35.6. The summed E-state index contributed by atoms with van der Waals surface area (Å²) in [6.07, 6.45) is 0.882. The number of ketones is 1. The third-order valence-electron chi connectivity index (χ3n) is 1.90. The monoisotopic (exact) mass is 260 g/mol. The lowest BCUT2D eigenvalue weighted by Gasteiger charge is -2.12. The summed E-state index contributed by atoms with van der Waals surface area (Å²) in [5, 5.41) is 0. The lowest BCUT2D eigenvalue weighted by Crippen LogP contribution is -2.39. The Morgan fingerprint density at radius 3 is 2.61 bits per heavy atom. The zero-order chi connectivity index (χ0) is 13.8. The second-order valence-electron chi connectivity index (χ2n) is 3.07. The molecule has 0 unspecified atom stereocenters. The number of halogens is 2. The van der Waals surface area contributed by atoms with Crippen molar-refractivity contribution in [2.75, 3.05) is 13.7 Å². The van der Waals surface area contributed by atoms with Crippen molar-refractivity contribution in [3.8, 4) is 5.88 Å². The molecule has 1 aromatic rings. The summed E-state index contributed by atoms with van der Waals surface area (Å²) in [5.74, 6) is -8.02. The van der Waals surface area contributed by atoms with Crippen molar-refractivity contribution < 1.29 is 27.8 Å². The SMILES string of the molecule is CCOC(=O)C(F)(F)C(=O)c1cc(OC)ncn1. The highest BCUT2D eigenvalue weighted by molar-refractivity contribution is 6.12. The van der Waals surface area contributed by atoms with Gasteiger partial charge in [-0.3, -0.25) is 4.79 Å². The number of carbonyl (C=O) groups excluding carboxylic acids is 2. The van der Waals surface area contributed by atoms with E-state index in [1.807, 2.05) is 0 Å². The van der Waals surface area contributed by atoms with E-state index in [0.29, 0.717) is 0 Å². The molecule has 0 spiro atoms. The van der Waals surface area contributed by atoms with Gasteiger partial charge in [0.1, 0.15) is 12.0 Å². The molecule has 18 heavy (non-hydrogen) atoms. The van der Waals surface area contributed by atoms with Crippen molar-refractivity contribution in [2.45, 2.75) is 12.8 Å². The van der Waals surface area contributed by atoms with Crippen molar-refractivity contribution >= 4 is 11.8 Å². The predicted molar refractivity (Wildman–Crippen MR) is 54.5 cm³/mol. The van der Waals surface area contributed by atoms with E-state index in [2.05, 4.69) is 19.4 Å². The van der Waals surface area contributed by atoms with Crippen molar-refractivity contribution in [3.05, 3.63) is 18.1 Å². The van der Waals surface area contributed by atoms with Crippen molar-refractivity contribution in [1.82, 2.24) is 9.97 Å². The van der Waals surface area contributed by atoms with Crippen LogP contribution in [0.25, 0.3) is 0 Å². The van der Waals surface area contributed by atoms with Crippen LogP contribution in [0.2, 0.25) is 0 Å². The molecule has 0 aliphatic carbocycles. The Bertz CT molecular complexity index is 465. The van der Waals surface area contributed by atoms with Gasteiger partial charge in [0.2, 0.25) is 5.88 Å².